The van der Waals surface area contributed by atoms with Gasteiger partial charge in [0.05, 0.1) is 30.4 Å². The maximum Gasteiger partial charge on any atom is 0.338 e. The molecule has 2 aromatic carbocycles. The van der Waals surface area contributed by atoms with E-state index in [4.69, 9.17) is 14.7 Å². The fourth-order valence-electron chi connectivity index (χ4n) is 2.83. The number of hydrogen-bond acceptors (Lipinski definition) is 7. The normalized spacial score (nSPS) is 14.5. The number of amides is 1. The summed E-state index contributed by atoms with van der Waals surface area (Å²) in [6, 6.07) is 10.9. The van der Waals surface area contributed by atoms with Gasteiger partial charge in [0.2, 0.25) is 10.0 Å². The van der Waals surface area contributed by atoms with Crippen LogP contribution in [0, 0.1) is 17.1 Å². The van der Waals surface area contributed by atoms with Gasteiger partial charge < -0.3 is 14.8 Å². The van der Waals surface area contributed by atoms with Crippen LogP contribution in [0.5, 0.6) is 0 Å². The highest BCUT2D eigenvalue weighted by Gasteiger charge is 2.30. The molecule has 1 fully saturated rings. The molecule has 9 nitrogen and oxygen atoms in total. The van der Waals surface area contributed by atoms with Crippen molar-refractivity contribution in [2.45, 2.75) is 4.90 Å². The highest BCUT2D eigenvalue weighted by molar-refractivity contribution is 7.89. The minimum absolute atomic E-state index is 0.0730. The second-order valence-corrected chi connectivity index (χ2v) is 8.38. The van der Waals surface area contributed by atoms with Crippen molar-refractivity contribution in [1.82, 2.24) is 4.31 Å². The number of morpholine rings is 1. The van der Waals surface area contributed by atoms with E-state index in [2.05, 4.69) is 5.32 Å². The fourth-order valence-corrected chi connectivity index (χ4v) is 4.33. The third-order valence-electron chi connectivity index (χ3n) is 4.36. The molecule has 162 valence electrons. The van der Waals surface area contributed by atoms with Crippen LogP contribution < -0.4 is 5.32 Å². The van der Waals surface area contributed by atoms with E-state index < -0.39 is 39.2 Å². The first kappa shape index (κ1) is 22.4. The largest absolute Gasteiger partial charge is 0.452 e. The van der Waals surface area contributed by atoms with E-state index in [1.807, 2.05) is 6.07 Å². The molecule has 1 aliphatic rings. The van der Waals surface area contributed by atoms with Crippen molar-refractivity contribution in [3.05, 3.63) is 59.4 Å². The predicted octanol–water partition coefficient (Wildman–Crippen LogP) is 1.51. The standard InChI is InChI=1S/C20H18FN3O6S/c21-17-5-4-15(11-18(17)31(27,28)24-6-8-29-9-7-24)20(26)30-13-19(25)23-16-3-1-2-14(10-16)12-22/h1-5,10-11H,6-9,13H2,(H,23,25). The number of sulfonamides is 1. The Kier molecular flexibility index (Phi) is 6.96. The number of anilines is 1. The minimum Gasteiger partial charge on any atom is -0.452 e. The first-order valence-corrected chi connectivity index (χ1v) is 10.6. The molecular formula is C20H18FN3O6S. The molecule has 1 heterocycles. The van der Waals surface area contributed by atoms with Crippen LogP contribution in [0.15, 0.2) is 47.4 Å². The van der Waals surface area contributed by atoms with Crippen LogP contribution in [-0.4, -0.2) is 57.5 Å². The Bertz CT molecular complexity index is 1140. The molecule has 0 aromatic heterocycles. The van der Waals surface area contributed by atoms with Crippen molar-refractivity contribution in [1.29, 1.82) is 5.26 Å². The van der Waals surface area contributed by atoms with Crippen LogP contribution in [-0.2, 0) is 24.3 Å². The summed E-state index contributed by atoms with van der Waals surface area (Å²) in [6.07, 6.45) is 0. The summed E-state index contributed by atoms with van der Waals surface area (Å²) in [5.74, 6) is -2.65. The van der Waals surface area contributed by atoms with Crippen molar-refractivity contribution in [2.24, 2.45) is 0 Å². The summed E-state index contributed by atoms with van der Waals surface area (Å²) in [6.45, 7) is -0.129. The zero-order chi connectivity index (χ0) is 22.4. The number of esters is 1. The maximum absolute atomic E-state index is 14.2. The molecular weight excluding hydrogens is 429 g/mol. The van der Waals surface area contributed by atoms with Crippen LogP contribution in [0.1, 0.15) is 15.9 Å². The third kappa shape index (κ3) is 5.43. The van der Waals surface area contributed by atoms with E-state index in [9.17, 15) is 22.4 Å². The Hall–Kier alpha value is -3.33. The van der Waals surface area contributed by atoms with Crippen molar-refractivity contribution in [3.8, 4) is 6.07 Å². The quantitative estimate of drug-likeness (QED) is 0.665. The fraction of sp³-hybridized carbons (Fsp3) is 0.250. The van der Waals surface area contributed by atoms with Gasteiger partial charge in [0.1, 0.15) is 10.7 Å². The predicted molar refractivity (Wildman–Crippen MR) is 106 cm³/mol. The lowest BCUT2D eigenvalue weighted by Crippen LogP contribution is -2.41. The van der Waals surface area contributed by atoms with Gasteiger partial charge >= 0.3 is 5.97 Å². The molecule has 0 aliphatic carbocycles. The molecule has 31 heavy (non-hydrogen) atoms. The molecule has 1 N–H and O–H groups in total. The van der Waals surface area contributed by atoms with E-state index in [-0.39, 0.29) is 31.9 Å². The lowest BCUT2D eigenvalue weighted by molar-refractivity contribution is -0.119. The summed E-state index contributed by atoms with van der Waals surface area (Å²) in [5, 5.41) is 11.3. The van der Waals surface area contributed by atoms with Gasteiger partial charge in [-0.25, -0.2) is 17.6 Å². The summed E-state index contributed by atoms with van der Waals surface area (Å²) < 4.78 is 50.7. The number of carbonyl (C=O) groups is 2. The van der Waals surface area contributed by atoms with Gasteiger partial charge in [-0.3, -0.25) is 4.79 Å². The molecule has 1 amide bonds. The van der Waals surface area contributed by atoms with Gasteiger partial charge in [-0.05, 0) is 36.4 Å². The lowest BCUT2D eigenvalue weighted by Gasteiger charge is -2.26. The summed E-state index contributed by atoms with van der Waals surface area (Å²) in [4.78, 5) is 23.6. The third-order valence-corrected chi connectivity index (χ3v) is 6.28. The zero-order valence-corrected chi connectivity index (χ0v) is 17.0. The van der Waals surface area contributed by atoms with Gasteiger partial charge in [-0.2, -0.15) is 9.57 Å². The van der Waals surface area contributed by atoms with Crippen LogP contribution in [0.25, 0.3) is 0 Å². The van der Waals surface area contributed by atoms with Crippen molar-refractivity contribution >= 4 is 27.6 Å². The molecule has 0 spiro atoms. The Morgan fingerprint density at radius 3 is 2.65 bits per heavy atom. The Morgan fingerprint density at radius 1 is 1.19 bits per heavy atom. The van der Waals surface area contributed by atoms with E-state index in [1.165, 1.54) is 6.07 Å². The molecule has 0 saturated carbocycles. The highest BCUT2D eigenvalue weighted by atomic mass is 32.2. The molecule has 2 aromatic rings. The smallest absolute Gasteiger partial charge is 0.338 e. The number of nitriles is 1. The average Bonchev–Trinajstić information content (AvgIpc) is 2.78. The molecule has 0 radical (unpaired) electrons. The number of hydrogen-bond donors (Lipinski definition) is 1. The molecule has 3 rings (SSSR count). The second kappa shape index (κ2) is 9.65. The number of nitrogens with one attached hydrogen (secondary N) is 1. The van der Waals surface area contributed by atoms with Gasteiger partial charge in [0.25, 0.3) is 5.91 Å². The van der Waals surface area contributed by atoms with E-state index in [1.54, 1.807) is 18.2 Å². The molecule has 1 aliphatic heterocycles. The second-order valence-electron chi connectivity index (χ2n) is 6.48. The first-order valence-electron chi connectivity index (χ1n) is 9.16. The monoisotopic (exact) mass is 447 g/mol. The molecule has 11 heteroatoms. The lowest BCUT2D eigenvalue weighted by atomic mass is 10.2. The Morgan fingerprint density at radius 2 is 1.94 bits per heavy atom. The summed E-state index contributed by atoms with van der Waals surface area (Å²) >= 11 is 0. The number of halogens is 1. The Labute approximate surface area is 178 Å². The topological polar surface area (TPSA) is 126 Å². The van der Waals surface area contributed by atoms with E-state index in [0.717, 1.165) is 22.5 Å². The molecule has 0 bridgehead atoms. The van der Waals surface area contributed by atoms with Gasteiger partial charge in [-0.1, -0.05) is 6.07 Å². The number of ether oxygens (including phenoxy) is 2. The molecule has 0 unspecified atom stereocenters. The van der Waals surface area contributed by atoms with Crippen LogP contribution in [0.4, 0.5) is 10.1 Å². The van der Waals surface area contributed by atoms with E-state index in [0.29, 0.717) is 11.3 Å². The van der Waals surface area contributed by atoms with Crippen LogP contribution >= 0.6 is 0 Å². The summed E-state index contributed by atoms with van der Waals surface area (Å²) in [7, 11) is -4.16. The van der Waals surface area contributed by atoms with Crippen LogP contribution in [0.3, 0.4) is 0 Å². The van der Waals surface area contributed by atoms with Crippen LogP contribution in [0.2, 0.25) is 0 Å². The molecule has 1 saturated heterocycles. The van der Waals surface area contributed by atoms with Crippen molar-refractivity contribution in [3.63, 3.8) is 0 Å². The number of rotatable bonds is 6. The first-order chi connectivity index (χ1) is 14.8. The number of carbonyl (C=O) groups excluding carboxylic acids is 2. The minimum atomic E-state index is -4.16. The highest BCUT2D eigenvalue weighted by Crippen LogP contribution is 2.22. The van der Waals surface area contributed by atoms with Gasteiger partial charge in [0, 0.05) is 18.8 Å². The van der Waals surface area contributed by atoms with E-state index >= 15 is 0 Å². The van der Waals surface area contributed by atoms with Crippen molar-refractivity contribution in [2.75, 3.05) is 38.2 Å². The van der Waals surface area contributed by atoms with Crippen molar-refractivity contribution < 1.29 is 31.9 Å². The Balaban J connectivity index is 1.67. The average molecular weight is 447 g/mol. The summed E-state index contributed by atoms with van der Waals surface area (Å²) in [5.41, 5.74) is 0.475. The van der Waals surface area contributed by atoms with Gasteiger partial charge in [0.15, 0.2) is 6.61 Å². The maximum atomic E-state index is 14.2. The number of benzene rings is 2. The SMILES string of the molecule is N#Cc1cccc(NC(=O)COC(=O)c2ccc(F)c(S(=O)(=O)N3CCOCC3)c2)c1. The van der Waals surface area contributed by atoms with Gasteiger partial charge in [-0.15, -0.1) is 0 Å². The number of nitrogens with zero attached hydrogens (tertiary/aromatic N) is 2. The molecule has 0 atom stereocenters. The zero-order valence-electron chi connectivity index (χ0n) is 16.2.